The molecule has 0 saturated heterocycles. The van der Waals surface area contributed by atoms with Crippen LogP contribution in [-0.2, 0) is 5.60 Å². The Balaban J connectivity index is 1.61. The number of hydrogen-bond donors (Lipinski definition) is 2. The predicted octanol–water partition coefficient (Wildman–Crippen LogP) is 2.81. The number of hydrazone groups is 1. The molecule has 0 saturated carbocycles. The first-order valence-electron chi connectivity index (χ1n) is 8.34. The maximum atomic E-state index is 12.3. The van der Waals surface area contributed by atoms with Gasteiger partial charge in [-0.15, -0.1) is 0 Å². The Morgan fingerprint density at radius 3 is 2.56 bits per heavy atom. The van der Waals surface area contributed by atoms with Crippen molar-refractivity contribution in [2.75, 3.05) is 18.1 Å². The van der Waals surface area contributed by atoms with Crippen molar-refractivity contribution in [2.24, 2.45) is 5.10 Å². The average Bonchev–Trinajstić information content (AvgIpc) is 3.22. The number of nitrogens with one attached hydrogen (secondary N) is 1. The highest BCUT2D eigenvalue weighted by Crippen LogP contribution is 2.23. The van der Waals surface area contributed by atoms with Gasteiger partial charge in [-0.1, -0.05) is 0 Å². The number of nitrogens with zero attached hydrogens (tertiary/aromatic N) is 2. The smallest absolute Gasteiger partial charge is 0.251 e. The van der Waals surface area contributed by atoms with Crippen LogP contribution in [0.5, 0.6) is 0 Å². The fraction of sp³-hybridized carbons (Fsp3) is 0.368. The van der Waals surface area contributed by atoms with Crippen LogP contribution in [-0.4, -0.2) is 29.8 Å². The van der Waals surface area contributed by atoms with E-state index in [1.54, 1.807) is 31.2 Å². The minimum absolute atomic E-state index is 0.0656. The molecule has 1 aromatic carbocycles. The number of amides is 1. The third-order valence-corrected chi connectivity index (χ3v) is 4.27. The van der Waals surface area contributed by atoms with Gasteiger partial charge in [-0.05, 0) is 57.2 Å². The summed E-state index contributed by atoms with van der Waals surface area (Å²) in [4.78, 5) is 12.3. The largest absolute Gasteiger partial charge is 0.463 e. The number of aryl methyl sites for hydroxylation is 1. The van der Waals surface area contributed by atoms with Gasteiger partial charge < -0.3 is 14.8 Å². The topological polar surface area (TPSA) is 78.1 Å². The lowest BCUT2D eigenvalue weighted by atomic mass is 10.0. The first kappa shape index (κ1) is 17.2. The number of carbonyl (C=O) groups is 1. The molecule has 2 aromatic rings. The number of anilines is 1. The Kier molecular flexibility index (Phi) is 4.63. The predicted molar refractivity (Wildman–Crippen MR) is 96.9 cm³/mol. The van der Waals surface area contributed by atoms with Crippen molar-refractivity contribution in [1.29, 1.82) is 0 Å². The second-order valence-electron chi connectivity index (χ2n) is 6.62. The van der Waals surface area contributed by atoms with Gasteiger partial charge in [-0.3, -0.25) is 9.80 Å². The van der Waals surface area contributed by atoms with Crippen LogP contribution in [0, 0.1) is 6.92 Å². The summed E-state index contributed by atoms with van der Waals surface area (Å²) >= 11 is 0. The van der Waals surface area contributed by atoms with Crippen LogP contribution >= 0.6 is 0 Å². The molecular formula is C19H23N3O3. The van der Waals surface area contributed by atoms with E-state index >= 15 is 0 Å². The Bertz CT molecular complexity index is 791. The van der Waals surface area contributed by atoms with E-state index in [9.17, 15) is 9.90 Å². The lowest BCUT2D eigenvalue weighted by molar-refractivity contribution is 0.0323. The summed E-state index contributed by atoms with van der Waals surface area (Å²) in [5.74, 6) is 0.913. The summed E-state index contributed by atoms with van der Waals surface area (Å²) in [6.07, 6.45) is 0.962. The molecule has 0 spiro atoms. The van der Waals surface area contributed by atoms with Gasteiger partial charge >= 0.3 is 0 Å². The Morgan fingerprint density at radius 2 is 2.00 bits per heavy atom. The summed E-state index contributed by atoms with van der Waals surface area (Å²) < 4.78 is 5.45. The summed E-state index contributed by atoms with van der Waals surface area (Å²) in [6.45, 7) is 6.36. The first-order chi connectivity index (χ1) is 11.8. The number of rotatable bonds is 5. The van der Waals surface area contributed by atoms with Crippen LogP contribution in [0.4, 0.5) is 5.69 Å². The second-order valence-corrected chi connectivity index (χ2v) is 6.62. The molecule has 0 bridgehead atoms. The number of benzene rings is 1. The van der Waals surface area contributed by atoms with Crippen LogP contribution < -0.4 is 10.3 Å². The molecule has 3 rings (SSSR count). The Morgan fingerprint density at radius 1 is 1.28 bits per heavy atom. The van der Waals surface area contributed by atoms with Crippen molar-refractivity contribution in [3.63, 3.8) is 0 Å². The van der Waals surface area contributed by atoms with Gasteiger partial charge in [0.2, 0.25) is 0 Å². The molecule has 132 valence electrons. The third-order valence-electron chi connectivity index (χ3n) is 4.27. The van der Waals surface area contributed by atoms with E-state index in [1.165, 1.54) is 0 Å². The van der Waals surface area contributed by atoms with E-state index in [1.807, 2.05) is 31.0 Å². The van der Waals surface area contributed by atoms with Crippen LogP contribution in [0.2, 0.25) is 0 Å². The highest BCUT2D eigenvalue weighted by molar-refractivity contribution is 5.94. The summed E-state index contributed by atoms with van der Waals surface area (Å²) in [5, 5.41) is 19.6. The van der Waals surface area contributed by atoms with Crippen LogP contribution in [0.3, 0.4) is 0 Å². The molecular weight excluding hydrogens is 318 g/mol. The third kappa shape index (κ3) is 3.91. The molecule has 0 fully saturated rings. The molecule has 1 aliphatic rings. The van der Waals surface area contributed by atoms with E-state index in [-0.39, 0.29) is 12.5 Å². The zero-order chi connectivity index (χ0) is 18.0. The Hall–Kier alpha value is -2.60. The van der Waals surface area contributed by atoms with E-state index in [0.29, 0.717) is 11.3 Å². The van der Waals surface area contributed by atoms with Crippen LogP contribution in [0.25, 0.3) is 0 Å². The average molecular weight is 341 g/mol. The number of aliphatic hydroxyl groups is 1. The quantitative estimate of drug-likeness (QED) is 0.876. The molecule has 6 heteroatoms. The lowest BCUT2D eigenvalue weighted by Gasteiger charge is -2.21. The zero-order valence-electron chi connectivity index (χ0n) is 14.7. The molecule has 1 amide bonds. The molecule has 2 N–H and O–H groups in total. The molecule has 0 radical (unpaired) electrons. The second kappa shape index (κ2) is 6.72. The normalized spacial score (nSPS) is 16.5. The molecule has 25 heavy (non-hydrogen) atoms. The molecule has 0 aliphatic carbocycles. The minimum atomic E-state index is -1.26. The van der Waals surface area contributed by atoms with Crippen molar-refractivity contribution in [1.82, 2.24) is 5.32 Å². The van der Waals surface area contributed by atoms with E-state index in [2.05, 4.69) is 10.4 Å². The van der Waals surface area contributed by atoms with Crippen LogP contribution in [0.1, 0.15) is 42.1 Å². The fourth-order valence-corrected chi connectivity index (χ4v) is 2.71. The SMILES string of the molecule is CC1=NN(c2ccc(C(=O)NCC(C)(O)c3ccc(C)o3)cc2)CC1. The number of furan rings is 1. The van der Waals surface area contributed by atoms with E-state index in [0.717, 1.165) is 30.1 Å². The Labute approximate surface area is 147 Å². The monoisotopic (exact) mass is 341 g/mol. The van der Waals surface area contributed by atoms with Crippen molar-refractivity contribution in [3.8, 4) is 0 Å². The van der Waals surface area contributed by atoms with Crippen molar-refractivity contribution in [3.05, 3.63) is 53.5 Å². The fourth-order valence-electron chi connectivity index (χ4n) is 2.71. The number of carbonyl (C=O) groups excluding carboxylic acids is 1. The van der Waals surface area contributed by atoms with Gasteiger partial charge in [0.25, 0.3) is 5.91 Å². The van der Waals surface area contributed by atoms with Gasteiger partial charge in [0.05, 0.1) is 12.2 Å². The van der Waals surface area contributed by atoms with Crippen molar-refractivity contribution < 1.29 is 14.3 Å². The standard InChI is InChI=1S/C19H23N3O3/c1-13-10-11-22(21-13)16-7-5-15(6-8-16)18(23)20-12-19(3,24)17-9-4-14(2)25-17/h4-9,24H,10-12H2,1-3H3,(H,20,23). The molecule has 2 heterocycles. The zero-order valence-corrected chi connectivity index (χ0v) is 14.7. The highest BCUT2D eigenvalue weighted by atomic mass is 16.4. The molecule has 1 aromatic heterocycles. The van der Waals surface area contributed by atoms with Gasteiger partial charge in [-0.25, -0.2) is 0 Å². The first-order valence-corrected chi connectivity index (χ1v) is 8.34. The maximum Gasteiger partial charge on any atom is 0.251 e. The summed E-state index contributed by atoms with van der Waals surface area (Å²) in [5.41, 5.74) is 1.35. The molecule has 1 atom stereocenters. The molecule has 1 unspecified atom stereocenters. The number of hydrogen-bond acceptors (Lipinski definition) is 5. The minimum Gasteiger partial charge on any atom is -0.463 e. The molecule has 6 nitrogen and oxygen atoms in total. The van der Waals surface area contributed by atoms with Crippen molar-refractivity contribution in [2.45, 2.75) is 32.8 Å². The van der Waals surface area contributed by atoms with Gasteiger partial charge in [0.15, 0.2) is 0 Å². The highest BCUT2D eigenvalue weighted by Gasteiger charge is 2.27. The molecule has 1 aliphatic heterocycles. The maximum absolute atomic E-state index is 12.3. The lowest BCUT2D eigenvalue weighted by Crippen LogP contribution is -2.38. The summed E-state index contributed by atoms with van der Waals surface area (Å²) in [7, 11) is 0. The van der Waals surface area contributed by atoms with Gasteiger partial charge in [-0.2, -0.15) is 5.10 Å². The van der Waals surface area contributed by atoms with Crippen LogP contribution in [0.15, 0.2) is 45.9 Å². The summed E-state index contributed by atoms with van der Waals surface area (Å²) in [6, 6.07) is 10.8. The van der Waals surface area contributed by atoms with Gasteiger partial charge in [0, 0.05) is 24.2 Å². The van der Waals surface area contributed by atoms with E-state index in [4.69, 9.17) is 4.42 Å². The van der Waals surface area contributed by atoms with Gasteiger partial charge in [0.1, 0.15) is 17.1 Å². The van der Waals surface area contributed by atoms with Crippen molar-refractivity contribution >= 4 is 17.3 Å². The van der Waals surface area contributed by atoms with E-state index < -0.39 is 5.60 Å².